The van der Waals surface area contributed by atoms with Crippen molar-refractivity contribution < 1.29 is 14.3 Å². The summed E-state index contributed by atoms with van der Waals surface area (Å²) in [4.78, 5) is 16.1. The summed E-state index contributed by atoms with van der Waals surface area (Å²) >= 11 is 5.96. The van der Waals surface area contributed by atoms with E-state index in [0.717, 1.165) is 0 Å². The third kappa shape index (κ3) is 3.20. The summed E-state index contributed by atoms with van der Waals surface area (Å²) in [5.41, 5.74) is 0.964. The average Bonchev–Trinajstić information content (AvgIpc) is 2.97. The minimum absolute atomic E-state index is 0.123. The number of fused-ring (bicyclic) bond motifs is 1. The van der Waals surface area contributed by atoms with Gasteiger partial charge in [-0.1, -0.05) is 29.8 Å². The van der Waals surface area contributed by atoms with Crippen molar-refractivity contribution in [2.45, 2.75) is 0 Å². The molecule has 0 fully saturated rings. The Morgan fingerprint density at radius 3 is 2.77 bits per heavy atom. The van der Waals surface area contributed by atoms with Gasteiger partial charge in [0.1, 0.15) is 24.6 Å². The fraction of sp³-hybridized carbons (Fsp3) is 0.125. The maximum Gasteiger partial charge on any atom is 0.358 e. The average molecular weight is 317 g/mol. The highest BCUT2D eigenvalue weighted by Gasteiger charge is 2.12. The molecule has 3 aromatic rings. The fourth-order valence-electron chi connectivity index (χ4n) is 1.95. The maximum atomic E-state index is 11.9. The van der Waals surface area contributed by atoms with Crippen LogP contribution < -0.4 is 4.74 Å². The number of carbonyl (C=O) groups is 1. The molecule has 0 aliphatic rings. The van der Waals surface area contributed by atoms with Gasteiger partial charge in [-0.15, -0.1) is 0 Å². The molecule has 112 valence electrons. The molecule has 0 N–H and O–H groups in total. The van der Waals surface area contributed by atoms with Crippen molar-refractivity contribution in [2.24, 2.45) is 0 Å². The molecule has 0 spiro atoms. The van der Waals surface area contributed by atoms with Crippen LogP contribution in [0.25, 0.3) is 5.65 Å². The van der Waals surface area contributed by atoms with Gasteiger partial charge in [-0.2, -0.15) is 0 Å². The first-order valence-corrected chi connectivity index (χ1v) is 7.10. The largest absolute Gasteiger partial charge is 0.488 e. The second-order valence-electron chi connectivity index (χ2n) is 4.51. The number of aromatic nitrogens is 2. The Labute approximate surface area is 132 Å². The van der Waals surface area contributed by atoms with Crippen LogP contribution in [-0.2, 0) is 4.74 Å². The number of benzene rings is 1. The Hall–Kier alpha value is -2.53. The number of rotatable bonds is 5. The van der Waals surface area contributed by atoms with Crippen LogP contribution in [0.15, 0.2) is 54.9 Å². The van der Waals surface area contributed by atoms with E-state index in [1.807, 2.05) is 36.5 Å². The summed E-state index contributed by atoms with van der Waals surface area (Å²) < 4.78 is 12.3. The van der Waals surface area contributed by atoms with Gasteiger partial charge in [-0.25, -0.2) is 9.78 Å². The molecule has 3 rings (SSSR count). The molecule has 2 heterocycles. The number of ether oxygens (including phenoxy) is 2. The first-order chi connectivity index (χ1) is 10.7. The Kier molecular flexibility index (Phi) is 4.25. The Morgan fingerprint density at radius 1 is 1.14 bits per heavy atom. The molecule has 0 saturated heterocycles. The smallest absolute Gasteiger partial charge is 0.358 e. The molecular formula is C16H13ClN2O3. The van der Waals surface area contributed by atoms with Gasteiger partial charge < -0.3 is 13.9 Å². The number of hydrogen-bond donors (Lipinski definition) is 0. The first kappa shape index (κ1) is 14.4. The molecule has 0 saturated carbocycles. The van der Waals surface area contributed by atoms with E-state index < -0.39 is 5.97 Å². The SMILES string of the molecule is O=C(OCCOc1ccccc1Cl)c1cn2ccccc2n1. The zero-order chi connectivity index (χ0) is 15.4. The predicted octanol–water partition coefficient (Wildman–Crippen LogP) is 3.22. The number of para-hydroxylation sites is 1. The lowest BCUT2D eigenvalue weighted by atomic mass is 10.3. The van der Waals surface area contributed by atoms with Gasteiger partial charge in [-0.3, -0.25) is 0 Å². The minimum atomic E-state index is -0.480. The second-order valence-corrected chi connectivity index (χ2v) is 4.91. The van der Waals surface area contributed by atoms with Gasteiger partial charge in [0.25, 0.3) is 0 Å². The third-order valence-corrected chi connectivity index (χ3v) is 3.30. The van der Waals surface area contributed by atoms with E-state index in [9.17, 15) is 4.79 Å². The van der Waals surface area contributed by atoms with E-state index in [1.54, 1.807) is 22.7 Å². The maximum absolute atomic E-state index is 11.9. The van der Waals surface area contributed by atoms with Crippen molar-refractivity contribution >= 4 is 23.2 Å². The van der Waals surface area contributed by atoms with E-state index in [-0.39, 0.29) is 18.9 Å². The van der Waals surface area contributed by atoms with Crippen LogP contribution in [0.1, 0.15) is 10.5 Å². The van der Waals surface area contributed by atoms with Gasteiger partial charge in [0.15, 0.2) is 5.69 Å². The standard InChI is InChI=1S/C16H13ClN2O3/c17-12-5-1-2-6-14(12)21-9-10-22-16(20)13-11-19-8-4-3-7-15(19)18-13/h1-8,11H,9-10H2. The Bertz CT molecular complexity index is 768. The molecule has 0 radical (unpaired) electrons. The van der Waals surface area contributed by atoms with Crippen molar-refractivity contribution in [2.75, 3.05) is 13.2 Å². The summed E-state index contributed by atoms with van der Waals surface area (Å²) in [7, 11) is 0. The van der Waals surface area contributed by atoms with Crippen molar-refractivity contribution in [1.82, 2.24) is 9.38 Å². The Morgan fingerprint density at radius 2 is 1.95 bits per heavy atom. The monoisotopic (exact) mass is 316 g/mol. The van der Waals surface area contributed by atoms with Crippen molar-refractivity contribution in [3.8, 4) is 5.75 Å². The quantitative estimate of drug-likeness (QED) is 0.535. The zero-order valence-electron chi connectivity index (χ0n) is 11.6. The molecule has 0 amide bonds. The predicted molar refractivity (Wildman–Crippen MR) is 82.4 cm³/mol. The molecule has 0 atom stereocenters. The molecule has 1 aromatic carbocycles. The topological polar surface area (TPSA) is 52.8 Å². The zero-order valence-corrected chi connectivity index (χ0v) is 12.4. The lowest BCUT2D eigenvalue weighted by Gasteiger charge is -2.07. The van der Waals surface area contributed by atoms with Crippen LogP contribution >= 0.6 is 11.6 Å². The minimum Gasteiger partial charge on any atom is -0.488 e. The number of imidazole rings is 1. The van der Waals surface area contributed by atoms with Gasteiger partial charge in [0.05, 0.1) is 5.02 Å². The summed E-state index contributed by atoms with van der Waals surface area (Å²) in [5, 5.41) is 0.522. The number of pyridine rings is 1. The normalized spacial score (nSPS) is 10.6. The van der Waals surface area contributed by atoms with Crippen molar-refractivity contribution in [3.63, 3.8) is 0 Å². The summed E-state index contributed by atoms with van der Waals surface area (Å²) in [5.74, 6) is 0.0828. The van der Waals surface area contributed by atoms with E-state index in [0.29, 0.717) is 16.4 Å². The summed E-state index contributed by atoms with van der Waals surface area (Å²) in [6, 6.07) is 12.7. The van der Waals surface area contributed by atoms with Crippen LogP contribution in [0.2, 0.25) is 5.02 Å². The van der Waals surface area contributed by atoms with Gasteiger partial charge >= 0.3 is 5.97 Å². The lowest BCUT2D eigenvalue weighted by molar-refractivity contribution is 0.0444. The highest BCUT2D eigenvalue weighted by molar-refractivity contribution is 6.32. The molecule has 6 heteroatoms. The van der Waals surface area contributed by atoms with E-state index in [4.69, 9.17) is 21.1 Å². The molecule has 0 aliphatic heterocycles. The molecule has 5 nitrogen and oxygen atoms in total. The molecule has 0 aliphatic carbocycles. The molecular weight excluding hydrogens is 304 g/mol. The number of esters is 1. The number of nitrogens with zero attached hydrogens (tertiary/aromatic N) is 2. The summed E-state index contributed by atoms with van der Waals surface area (Å²) in [6.45, 7) is 0.348. The van der Waals surface area contributed by atoms with Crippen LogP contribution in [0, 0.1) is 0 Å². The molecule has 2 aromatic heterocycles. The fourth-order valence-corrected chi connectivity index (χ4v) is 2.15. The number of carbonyl (C=O) groups excluding carboxylic acids is 1. The molecule has 0 unspecified atom stereocenters. The second kappa shape index (κ2) is 6.49. The lowest BCUT2D eigenvalue weighted by Crippen LogP contribution is -2.12. The van der Waals surface area contributed by atoms with E-state index in [2.05, 4.69) is 4.98 Å². The highest BCUT2D eigenvalue weighted by atomic mass is 35.5. The van der Waals surface area contributed by atoms with Gasteiger partial charge in [-0.05, 0) is 24.3 Å². The molecule has 22 heavy (non-hydrogen) atoms. The van der Waals surface area contributed by atoms with Crippen molar-refractivity contribution in [1.29, 1.82) is 0 Å². The third-order valence-electron chi connectivity index (χ3n) is 2.98. The van der Waals surface area contributed by atoms with Crippen LogP contribution in [-0.4, -0.2) is 28.6 Å². The van der Waals surface area contributed by atoms with Crippen molar-refractivity contribution in [3.05, 3.63) is 65.6 Å². The number of hydrogen-bond acceptors (Lipinski definition) is 4. The number of halogens is 1. The van der Waals surface area contributed by atoms with E-state index >= 15 is 0 Å². The highest BCUT2D eigenvalue weighted by Crippen LogP contribution is 2.22. The van der Waals surface area contributed by atoms with Crippen LogP contribution in [0.3, 0.4) is 0 Å². The van der Waals surface area contributed by atoms with Crippen LogP contribution in [0.4, 0.5) is 0 Å². The molecule has 0 bridgehead atoms. The Balaban J connectivity index is 1.53. The van der Waals surface area contributed by atoms with Crippen LogP contribution in [0.5, 0.6) is 5.75 Å². The summed E-state index contributed by atoms with van der Waals surface area (Å²) in [6.07, 6.45) is 3.45. The van der Waals surface area contributed by atoms with Gasteiger partial charge in [0, 0.05) is 12.4 Å². The first-order valence-electron chi connectivity index (χ1n) is 6.72. The van der Waals surface area contributed by atoms with Gasteiger partial charge in [0.2, 0.25) is 0 Å². The van der Waals surface area contributed by atoms with E-state index in [1.165, 1.54) is 0 Å².